The molecule has 0 bridgehead atoms. The topological polar surface area (TPSA) is 67.6 Å². The molecule has 5 heteroatoms. The lowest BCUT2D eigenvalue weighted by atomic mass is 9.88. The van der Waals surface area contributed by atoms with Gasteiger partial charge in [0.05, 0.1) is 6.10 Å². The number of anilines is 1. The number of ether oxygens (including phenoxy) is 1. The minimum Gasteiger partial charge on any atom is -0.378 e. The van der Waals surface area contributed by atoms with Crippen LogP contribution in [0, 0.1) is 5.92 Å². The Hall–Kier alpha value is -1.59. The summed E-state index contributed by atoms with van der Waals surface area (Å²) in [6, 6.07) is 6.00. The summed E-state index contributed by atoms with van der Waals surface area (Å²) in [5.74, 6) is 0.365. The molecule has 0 aliphatic carbocycles. The fourth-order valence-electron chi connectivity index (χ4n) is 3.08. The van der Waals surface area contributed by atoms with Gasteiger partial charge in [0, 0.05) is 37.8 Å². The molecule has 0 saturated carbocycles. The van der Waals surface area contributed by atoms with Gasteiger partial charge in [-0.3, -0.25) is 0 Å². The van der Waals surface area contributed by atoms with Gasteiger partial charge in [0.25, 0.3) is 0 Å². The van der Waals surface area contributed by atoms with Crippen molar-refractivity contribution in [2.75, 3.05) is 19.0 Å². The van der Waals surface area contributed by atoms with Crippen molar-refractivity contribution in [3.8, 4) is 0 Å². The summed E-state index contributed by atoms with van der Waals surface area (Å²) >= 11 is 0. The Morgan fingerprint density at radius 3 is 3.00 bits per heavy atom. The molecule has 0 radical (unpaired) electrons. The summed E-state index contributed by atoms with van der Waals surface area (Å²) in [7, 11) is 1.79. The summed E-state index contributed by atoms with van der Waals surface area (Å²) < 4.78 is 5.61. The first-order chi connectivity index (χ1) is 9.56. The van der Waals surface area contributed by atoms with Gasteiger partial charge in [-0.25, -0.2) is 4.79 Å². The third-order valence-electron chi connectivity index (χ3n) is 4.41. The van der Waals surface area contributed by atoms with E-state index in [1.165, 1.54) is 0 Å². The normalized spacial score (nSPS) is 27.1. The van der Waals surface area contributed by atoms with Crippen molar-refractivity contribution in [1.82, 2.24) is 4.90 Å². The van der Waals surface area contributed by atoms with Crippen molar-refractivity contribution in [1.29, 1.82) is 0 Å². The van der Waals surface area contributed by atoms with Gasteiger partial charge in [-0.05, 0) is 30.5 Å². The molecule has 0 aromatic heterocycles. The minimum absolute atomic E-state index is 0.0132. The van der Waals surface area contributed by atoms with Crippen molar-refractivity contribution < 1.29 is 9.53 Å². The maximum atomic E-state index is 11.6. The van der Waals surface area contributed by atoms with Gasteiger partial charge in [0.15, 0.2) is 0 Å². The maximum absolute atomic E-state index is 11.6. The van der Waals surface area contributed by atoms with Crippen LogP contribution < -0.4 is 11.1 Å². The lowest BCUT2D eigenvalue weighted by Gasteiger charge is -2.28. The van der Waals surface area contributed by atoms with Crippen LogP contribution in [0.25, 0.3) is 0 Å². The molecule has 2 amide bonds. The van der Waals surface area contributed by atoms with Crippen molar-refractivity contribution in [2.45, 2.75) is 32.0 Å². The molecule has 2 aliphatic rings. The van der Waals surface area contributed by atoms with E-state index in [-0.39, 0.29) is 18.2 Å². The van der Waals surface area contributed by atoms with Crippen molar-refractivity contribution >= 4 is 11.7 Å². The molecule has 5 nitrogen and oxygen atoms in total. The molecule has 3 unspecified atom stereocenters. The van der Waals surface area contributed by atoms with Crippen LogP contribution in [-0.2, 0) is 11.3 Å². The molecule has 3 N–H and O–H groups in total. The van der Waals surface area contributed by atoms with Crippen LogP contribution in [0.2, 0.25) is 0 Å². The molecule has 1 aromatic carbocycles. The molecule has 0 spiro atoms. The van der Waals surface area contributed by atoms with Crippen LogP contribution in [-0.4, -0.2) is 30.7 Å². The van der Waals surface area contributed by atoms with Crippen LogP contribution in [0.5, 0.6) is 0 Å². The number of urea groups is 1. The SMILES string of the molecule is CC1OCCC1C(N)c1ccc2c(c1)CN(C)C(=O)N2. The van der Waals surface area contributed by atoms with Gasteiger partial charge >= 0.3 is 6.03 Å². The predicted octanol–water partition coefficient (Wildman–Crippen LogP) is 2.09. The van der Waals surface area contributed by atoms with Gasteiger partial charge < -0.3 is 20.7 Å². The Morgan fingerprint density at radius 1 is 1.50 bits per heavy atom. The van der Waals surface area contributed by atoms with E-state index in [1.807, 2.05) is 12.1 Å². The Kier molecular flexibility index (Phi) is 3.40. The zero-order valence-corrected chi connectivity index (χ0v) is 11.9. The molecular formula is C15H21N3O2. The molecule has 1 fully saturated rings. The third kappa shape index (κ3) is 2.27. The largest absolute Gasteiger partial charge is 0.378 e. The Labute approximate surface area is 119 Å². The summed E-state index contributed by atoms with van der Waals surface area (Å²) in [5, 5.41) is 2.88. The van der Waals surface area contributed by atoms with Crippen LogP contribution in [0.15, 0.2) is 18.2 Å². The van der Waals surface area contributed by atoms with Crippen LogP contribution in [0.1, 0.15) is 30.5 Å². The minimum atomic E-state index is -0.0626. The monoisotopic (exact) mass is 275 g/mol. The Bertz CT molecular complexity index is 532. The molecule has 2 aliphatic heterocycles. The lowest BCUT2D eigenvalue weighted by molar-refractivity contribution is 0.0995. The van der Waals surface area contributed by atoms with E-state index >= 15 is 0 Å². The van der Waals surface area contributed by atoms with E-state index < -0.39 is 0 Å². The molecule has 3 atom stereocenters. The summed E-state index contributed by atoms with van der Waals surface area (Å²) in [6.07, 6.45) is 1.22. The second-order valence-corrected chi connectivity index (χ2v) is 5.76. The average molecular weight is 275 g/mol. The number of fused-ring (bicyclic) bond motifs is 1. The molecular weight excluding hydrogens is 254 g/mol. The average Bonchev–Trinajstić information content (AvgIpc) is 2.85. The number of amides is 2. The van der Waals surface area contributed by atoms with Gasteiger partial charge in [0.1, 0.15) is 0 Å². The second-order valence-electron chi connectivity index (χ2n) is 5.76. The quantitative estimate of drug-likeness (QED) is 0.868. The standard InChI is InChI=1S/C15H21N3O2/c1-9-12(5-6-20-9)14(16)10-3-4-13-11(7-10)8-18(2)15(19)17-13/h3-4,7,9,12,14H,5-6,8,16H2,1-2H3,(H,17,19). The molecule has 108 valence electrons. The third-order valence-corrected chi connectivity index (χ3v) is 4.41. The first kappa shape index (κ1) is 13.4. The zero-order chi connectivity index (χ0) is 14.3. The first-order valence-electron chi connectivity index (χ1n) is 7.08. The number of hydrogen-bond acceptors (Lipinski definition) is 3. The number of nitrogens with two attached hydrogens (primary N) is 1. The lowest BCUT2D eigenvalue weighted by Crippen LogP contribution is -2.35. The fourth-order valence-corrected chi connectivity index (χ4v) is 3.08. The van der Waals surface area contributed by atoms with Gasteiger partial charge in [-0.1, -0.05) is 12.1 Å². The molecule has 1 aromatic rings. The summed E-state index contributed by atoms with van der Waals surface area (Å²) in [5.41, 5.74) is 9.53. The highest BCUT2D eigenvalue weighted by Crippen LogP contribution is 2.33. The van der Waals surface area contributed by atoms with Crippen molar-refractivity contribution in [3.05, 3.63) is 29.3 Å². The number of rotatable bonds is 2. The number of carbonyl (C=O) groups is 1. The van der Waals surface area contributed by atoms with E-state index in [9.17, 15) is 4.79 Å². The fraction of sp³-hybridized carbons (Fsp3) is 0.533. The van der Waals surface area contributed by atoms with E-state index in [2.05, 4.69) is 18.3 Å². The first-order valence-corrected chi connectivity index (χ1v) is 7.08. The molecule has 2 heterocycles. The number of nitrogens with zero attached hydrogens (tertiary/aromatic N) is 1. The second kappa shape index (κ2) is 5.07. The molecule has 20 heavy (non-hydrogen) atoms. The van der Waals surface area contributed by atoms with Gasteiger partial charge in [-0.2, -0.15) is 0 Å². The summed E-state index contributed by atoms with van der Waals surface area (Å²) in [4.78, 5) is 13.3. The number of carbonyl (C=O) groups excluding carboxylic acids is 1. The van der Waals surface area contributed by atoms with Crippen LogP contribution in [0.3, 0.4) is 0 Å². The number of nitrogens with one attached hydrogen (secondary N) is 1. The van der Waals surface area contributed by atoms with Crippen LogP contribution >= 0.6 is 0 Å². The van der Waals surface area contributed by atoms with E-state index in [0.717, 1.165) is 29.8 Å². The predicted molar refractivity (Wildman–Crippen MR) is 77.4 cm³/mol. The molecule has 3 rings (SSSR count). The van der Waals surface area contributed by atoms with E-state index in [4.69, 9.17) is 10.5 Å². The van der Waals surface area contributed by atoms with Crippen molar-refractivity contribution in [3.63, 3.8) is 0 Å². The van der Waals surface area contributed by atoms with Gasteiger partial charge in [0.2, 0.25) is 0 Å². The smallest absolute Gasteiger partial charge is 0.321 e. The van der Waals surface area contributed by atoms with Gasteiger partial charge in [-0.15, -0.1) is 0 Å². The summed E-state index contributed by atoms with van der Waals surface area (Å²) in [6.45, 7) is 3.51. The van der Waals surface area contributed by atoms with E-state index in [0.29, 0.717) is 12.5 Å². The Morgan fingerprint density at radius 2 is 2.30 bits per heavy atom. The molecule has 1 saturated heterocycles. The van der Waals surface area contributed by atoms with E-state index in [1.54, 1.807) is 11.9 Å². The highest BCUT2D eigenvalue weighted by molar-refractivity contribution is 5.92. The number of hydrogen-bond donors (Lipinski definition) is 2. The zero-order valence-electron chi connectivity index (χ0n) is 11.9. The maximum Gasteiger partial charge on any atom is 0.321 e. The number of benzene rings is 1. The van der Waals surface area contributed by atoms with Crippen molar-refractivity contribution in [2.24, 2.45) is 11.7 Å². The van der Waals surface area contributed by atoms with Crippen LogP contribution in [0.4, 0.5) is 10.5 Å². The Balaban J connectivity index is 1.85. The highest BCUT2D eigenvalue weighted by Gasteiger charge is 2.31. The highest BCUT2D eigenvalue weighted by atomic mass is 16.5.